The summed E-state index contributed by atoms with van der Waals surface area (Å²) in [5.41, 5.74) is 2.44. The van der Waals surface area contributed by atoms with E-state index in [1.165, 1.54) is 0 Å². The summed E-state index contributed by atoms with van der Waals surface area (Å²) in [5.74, 6) is -0.607. The van der Waals surface area contributed by atoms with Crippen molar-refractivity contribution in [2.24, 2.45) is 0 Å². The van der Waals surface area contributed by atoms with E-state index in [9.17, 15) is 9.59 Å². The summed E-state index contributed by atoms with van der Waals surface area (Å²) in [6.07, 6.45) is 5.92. The summed E-state index contributed by atoms with van der Waals surface area (Å²) in [7, 11) is 0. The van der Waals surface area contributed by atoms with Crippen molar-refractivity contribution in [3.63, 3.8) is 0 Å². The maximum Gasteiger partial charge on any atom is 0.412 e. The molecule has 8 nitrogen and oxygen atoms in total. The number of carbonyl (C=O) groups excluding carboxylic acids is 2. The minimum atomic E-state index is -0.607. The Hall–Kier alpha value is -3.55. The van der Waals surface area contributed by atoms with Crippen molar-refractivity contribution in [2.45, 2.75) is 19.3 Å². The smallest absolute Gasteiger partial charge is 0.412 e. The van der Waals surface area contributed by atoms with Crippen molar-refractivity contribution < 1.29 is 19.1 Å². The molecule has 0 saturated carbocycles. The van der Waals surface area contributed by atoms with E-state index < -0.39 is 18.9 Å². The lowest BCUT2D eigenvalue weighted by Gasteiger charge is -2.25. The highest BCUT2D eigenvalue weighted by molar-refractivity contribution is 6.07. The van der Waals surface area contributed by atoms with Crippen LogP contribution in [0.1, 0.15) is 29.8 Å². The number of piperidine rings is 1. The average molecular weight is 394 g/mol. The van der Waals surface area contributed by atoms with Gasteiger partial charge >= 0.3 is 12.1 Å². The highest BCUT2D eigenvalue weighted by Gasteiger charge is 2.21. The van der Waals surface area contributed by atoms with Gasteiger partial charge in [-0.05, 0) is 37.5 Å². The van der Waals surface area contributed by atoms with Crippen molar-refractivity contribution in [3.8, 4) is 0 Å². The Labute approximate surface area is 167 Å². The topological polar surface area (TPSA) is 96.5 Å². The van der Waals surface area contributed by atoms with Crippen LogP contribution >= 0.6 is 0 Å². The Bertz CT molecular complexity index is 996. The number of nitrogens with one attached hydrogen (secondary N) is 2. The van der Waals surface area contributed by atoms with Gasteiger partial charge in [-0.25, -0.2) is 9.59 Å². The molecule has 1 saturated heterocycles. The number of aromatic nitrogens is 2. The summed E-state index contributed by atoms with van der Waals surface area (Å²) < 4.78 is 10.3. The zero-order valence-corrected chi connectivity index (χ0v) is 15.9. The van der Waals surface area contributed by atoms with Crippen LogP contribution in [0.2, 0.25) is 0 Å². The first-order valence-corrected chi connectivity index (χ1v) is 9.59. The number of pyridine rings is 1. The van der Waals surface area contributed by atoms with Crippen LogP contribution < -0.4 is 5.32 Å². The first kappa shape index (κ1) is 18.8. The Morgan fingerprint density at radius 2 is 1.79 bits per heavy atom. The molecule has 1 aliphatic rings. The molecule has 0 atom stereocenters. The summed E-state index contributed by atoms with van der Waals surface area (Å²) in [5, 5.41) is 4.09. The van der Waals surface area contributed by atoms with Crippen molar-refractivity contribution in [1.82, 2.24) is 14.9 Å². The number of anilines is 2. The fraction of sp³-hybridized carbons (Fsp3) is 0.286. The van der Waals surface area contributed by atoms with Crippen molar-refractivity contribution in [1.29, 1.82) is 0 Å². The van der Waals surface area contributed by atoms with Crippen LogP contribution in [0.25, 0.3) is 10.9 Å². The first-order valence-electron chi connectivity index (χ1n) is 9.59. The fourth-order valence-electron chi connectivity index (χ4n) is 3.38. The van der Waals surface area contributed by atoms with Gasteiger partial charge in [-0.15, -0.1) is 0 Å². The molecule has 1 aliphatic heterocycles. The number of carbonyl (C=O) groups is 2. The predicted molar refractivity (Wildman–Crippen MR) is 108 cm³/mol. The van der Waals surface area contributed by atoms with Gasteiger partial charge in [0.15, 0.2) is 0 Å². The van der Waals surface area contributed by atoms with Crippen LogP contribution in [-0.4, -0.2) is 46.8 Å². The lowest BCUT2D eigenvalue weighted by Crippen LogP contribution is -2.36. The third kappa shape index (κ3) is 4.31. The highest BCUT2D eigenvalue weighted by atomic mass is 16.7. The van der Waals surface area contributed by atoms with Gasteiger partial charge in [0.2, 0.25) is 6.79 Å². The van der Waals surface area contributed by atoms with Crippen LogP contribution in [0.3, 0.4) is 0 Å². The molecule has 1 fully saturated rings. The number of H-pyrrole nitrogens is 1. The molecule has 0 unspecified atom stereocenters. The minimum absolute atomic E-state index is 0.261. The zero-order chi connectivity index (χ0) is 20.1. The number of nitrogens with zero attached hydrogens (tertiary/aromatic N) is 2. The molecule has 8 heteroatoms. The summed E-state index contributed by atoms with van der Waals surface area (Å²) in [6.45, 7) is 0.918. The largest absolute Gasteiger partial charge is 0.423 e. The fourth-order valence-corrected chi connectivity index (χ4v) is 3.38. The second-order valence-corrected chi connectivity index (χ2v) is 6.79. The molecular weight excluding hydrogens is 372 g/mol. The van der Waals surface area contributed by atoms with Gasteiger partial charge in [-0.1, -0.05) is 18.2 Å². The quantitative estimate of drug-likeness (QED) is 0.501. The van der Waals surface area contributed by atoms with Gasteiger partial charge in [-0.2, -0.15) is 0 Å². The third-order valence-electron chi connectivity index (χ3n) is 4.85. The Morgan fingerprint density at radius 1 is 1.03 bits per heavy atom. The van der Waals surface area contributed by atoms with E-state index in [1.807, 2.05) is 24.3 Å². The number of aromatic amines is 1. The third-order valence-corrected chi connectivity index (χ3v) is 4.85. The molecule has 0 radical (unpaired) electrons. The maximum absolute atomic E-state index is 12.7. The molecule has 0 spiro atoms. The molecule has 4 rings (SSSR count). The predicted octanol–water partition coefficient (Wildman–Crippen LogP) is 4.04. The van der Waals surface area contributed by atoms with E-state index in [2.05, 4.69) is 15.3 Å². The molecule has 1 aromatic carbocycles. The molecule has 150 valence electrons. The molecule has 3 aromatic rings. The van der Waals surface area contributed by atoms with E-state index >= 15 is 0 Å². The Kier molecular flexibility index (Phi) is 5.60. The number of benzene rings is 1. The first-order chi connectivity index (χ1) is 14.2. The van der Waals surface area contributed by atoms with E-state index in [1.54, 1.807) is 29.4 Å². The number of hydrogen-bond donors (Lipinski definition) is 2. The lowest BCUT2D eigenvalue weighted by molar-refractivity contribution is -0.0135. The van der Waals surface area contributed by atoms with E-state index in [0.29, 0.717) is 18.8 Å². The highest BCUT2D eigenvalue weighted by Crippen LogP contribution is 2.30. The Balaban J connectivity index is 1.46. The number of fused-ring (bicyclic) bond motifs is 1. The Morgan fingerprint density at radius 3 is 2.59 bits per heavy atom. The normalized spacial score (nSPS) is 13.9. The average Bonchev–Trinajstić information content (AvgIpc) is 3.13. The minimum Gasteiger partial charge on any atom is -0.423 e. The monoisotopic (exact) mass is 394 g/mol. The van der Waals surface area contributed by atoms with Gasteiger partial charge in [0.1, 0.15) is 5.69 Å². The van der Waals surface area contributed by atoms with Crippen LogP contribution in [0, 0.1) is 0 Å². The number of para-hydroxylation sites is 1. The molecule has 3 heterocycles. The van der Waals surface area contributed by atoms with E-state index in [0.717, 1.165) is 35.9 Å². The molecule has 0 bridgehead atoms. The SMILES string of the molecule is O=C(OCOC(=O)N1CCCCC1)c1[nH]c2ccccc2c1Nc1ccncc1. The molecule has 2 N–H and O–H groups in total. The second-order valence-electron chi connectivity index (χ2n) is 6.79. The van der Waals surface area contributed by atoms with Crippen LogP contribution in [-0.2, 0) is 9.47 Å². The maximum atomic E-state index is 12.7. The molecule has 1 amide bonds. The number of rotatable bonds is 5. The van der Waals surface area contributed by atoms with E-state index in [4.69, 9.17) is 9.47 Å². The molecular formula is C21H22N4O4. The van der Waals surface area contributed by atoms with Gasteiger partial charge < -0.3 is 24.7 Å². The standard InChI is InChI=1S/C21H22N4O4/c26-20(28-14-29-21(27)25-12-4-1-5-13-25)19-18(23-15-8-10-22-11-9-15)16-6-2-3-7-17(16)24-19/h2-3,6-11,24H,1,4-5,12-14H2,(H,22,23). The van der Waals surface area contributed by atoms with Gasteiger partial charge in [0.25, 0.3) is 0 Å². The van der Waals surface area contributed by atoms with Crippen LogP contribution in [0.15, 0.2) is 48.8 Å². The number of ether oxygens (including phenoxy) is 2. The summed E-state index contributed by atoms with van der Waals surface area (Å²) >= 11 is 0. The molecule has 2 aromatic heterocycles. The number of amides is 1. The van der Waals surface area contributed by atoms with Gasteiger partial charge in [0, 0.05) is 42.1 Å². The summed E-state index contributed by atoms with van der Waals surface area (Å²) in [4.78, 5) is 33.4. The molecule has 0 aliphatic carbocycles. The van der Waals surface area contributed by atoms with E-state index in [-0.39, 0.29) is 5.69 Å². The van der Waals surface area contributed by atoms with Gasteiger partial charge in [0.05, 0.1) is 5.69 Å². The number of esters is 1. The number of likely N-dealkylation sites (tertiary alicyclic amines) is 1. The zero-order valence-electron chi connectivity index (χ0n) is 15.9. The van der Waals surface area contributed by atoms with Crippen molar-refractivity contribution in [2.75, 3.05) is 25.2 Å². The summed E-state index contributed by atoms with van der Waals surface area (Å²) in [6, 6.07) is 11.2. The van der Waals surface area contributed by atoms with Crippen LogP contribution in [0.5, 0.6) is 0 Å². The van der Waals surface area contributed by atoms with Gasteiger partial charge in [-0.3, -0.25) is 4.98 Å². The van der Waals surface area contributed by atoms with Crippen molar-refractivity contribution in [3.05, 3.63) is 54.5 Å². The lowest BCUT2D eigenvalue weighted by atomic mass is 10.1. The second kappa shape index (κ2) is 8.64. The number of hydrogen-bond acceptors (Lipinski definition) is 6. The van der Waals surface area contributed by atoms with Crippen molar-refractivity contribution >= 4 is 34.3 Å². The van der Waals surface area contributed by atoms with Crippen LogP contribution in [0.4, 0.5) is 16.2 Å². The molecule has 29 heavy (non-hydrogen) atoms.